The number of aliphatic hydroxyl groups excluding tert-OH is 1. The Hall–Kier alpha value is -1.14. The molecule has 0 aliphatic carbocycles. The number of hydrogen-bond acceptors (Lipinski definition) is 5. The molecule has 0 saturated carbocycles. The van der Waals surface area contributed by atoms with Gasteiger partial charge in [0, 0.05) is 39.3 Å². The van der Waals surface area contributed by atoms with Crippen LogP contribution in [0.4, 0.5) is 0 Å². The summed E-state index contributed by atoms with van der Waals surface area (Å²) in [6.07, 6.45) is 2.19. The van der Waals surface area contributed by atoms with Crippen LogP contribution in [0.15, 0.2) is 24.3 Å². The van der Waals surface area contributed by atoms with E-state index in [1.54, 1.807) is 0 Å². The highest BCUT2D eigenvalue weighted by molar-refractivity contribution is 5.28. The Kier molecular flexibility index (Phi) is 7.11. The van der Waals surface area contributed by atoms with Crippen LogP contribution >= 0.6 is 0 Å². The van der Waals surface area contributed by atoms with Gasteiger partial charge in [-0.1, -0.05) is 19.1 Å². The van der Waals surface area contributed by atoms with E-state index >= 15 is 0 Å². The van der Waals surface area contributed by atoms with Gasteiger partial charge >= 0.3 is 0 Å². The Labute approximate surface area is 152 Å². The summed E-state index contributed by atoms with van der Waals surface area (Å²) in [6, 6.07) is 8.32. The lowest BCUT2D eigenvalue weighted by Gasteiger charge is -2.34. The van der Waals surface area contributed by atoms with Crippen LogP contribution in [0.2, 0.25) is 0 Å². The van der Waals surface area contributed by atoms with Gasteiger partial charge in [-0.2, -0.15) is 0 Å². The van der Waals surface area contributed by atoms with Gasteiger partial charge in [0.1, 0.15) is 18.5 Å². The van der Waals surface area contributed by atoms with Crippen molar-refractivity contribution >= 4 is 0 Å². The number of likely N-dealkylation sites (tertiary alicyclic amines) is 1. The molecular weight excluding hydrogens is 314 g/mol. The normalized spacial score (nSPS) is 21.5. The highest BCUT2D eigenvalue weighted by Gasteiger charge is 2.18. The first-order valence-electron chi connectivity index (χ1n) is 9.80. The fraction of sp³-hybridized carbons (Fsp3) is 0.700. The number of β-amino-alcohol motifs (C(OH)–C–C–N with tert-alkyl or cyclic N) is 1. The third-order valence-corrected chi connectivity index (χ3v) is 5.33. The van der Waals surface area contributed by atoms with Crippen LogP contribution in [0.25, 0.3) is 0 Å². The SMILES string of the molecule is CCN1CCN(C[C@H](O)COc2cccc(CN3CCCC3)c2)CC1. The molecule has 0 aromatic heterocycles. The summed E-state index contributed by atoms with van der Waals surface area (Å²) in [6.45, 7) is 12.1. The Morgan fingerprint density at radius 1 is 1.00 bits per heavy atom. The minimum atomic E-state index is -0.435. The number of rotatable bonds is 8. The van der Waals surface area contributed by atoms with E-state index in [-0.39, 0.29) is 0 Å². The van der Waals surface area contributed by atoms with Crippen molar-refractivity contribution in [3.05, 3.63) is 29.8 Å². The molecule has 25 heavy (non-hydrogen) atoms. The largest absolute Gasteiger partial charge is 0.491 e. The lowest BCUT2D eigenvalue weighted by atomic mass is 10.2. The number of ether oxygens (including phenoxy) is 1. The van der Waals surface area contributed by atoms with Crippen LogP contribution in [0, 0.1) is 0 Å². The average Bonchev–Trinajstić information content (AvgIpc) is 3.14. The molecule has 1 aromatic carbocycles. The second-order valence-corrected chi connectivity index (χ2v) is 7.33. The molecule has 2 fully saturated rings. The van der Waals surface area contributed by atoms with Gasteiger partial charge in [0.25, 0.3) is 0 Å². The number of aliphatic hydroxyl groups is 1. The molecule has 5 nitrogen and oxygen atoms in total. The monoisotopic (exact) mass is 347 g/mol. The van der Waals surface area contributed by atoms with Gasteiger partial charge in [-0.3, -0.25) is 9.80 Å². The zero-order valence-corrected chi connectivity index (χ0v) is 15.6. The van der Waals surface area contributed by atoms with Gasteiger partial charge in [0.05, 0.1) is 0 Å². The fourth-order valence-electron chi connectivity index (χ4n) is 3.76. The summed E-state index contributed by atoms with van der Waals surface area (Å²) in [5.41, 5.74) is 1.30. The first-order valence-corrected chi connectivity index (χ1v) is 9.80. The van der Waals surface area contributed by atoms with Crippen LogP contribution in [0.5, 0.6) is 5.75 Å². The third-order valence-electron chi connectivity index (χ3n) is 5.33. The van der Waals surface area contributed by atoms with Gasteiger partial charge in [-0.25, -0.2) is 0 Å². The van der Waals surface area contributed by atoms with Crippen molar-refractivity contribution in [3.8, 4) is 5.75 Å². The van der Waals surface area contributed by atoms with Crippen molar-refractivity contribution in [1.29, 1.82) is 0 Å². The topological polar surface area (TPSA) is 39.2 Å². The summed E-state index contributed by atoms with van der Waals surface area (Å²) in [5.74, 6) is 0.867. The summed E-state index contributed by atoms with van der Waals surface area (Å²) in [4.78, 5) is 7.28. The van der Waals surface area contributed by atoms with Crippen molar-refractivity contribution in [2.45, 2.75) is 32.4 Å². The van der Waals surface area contributed by atoms with Gasteiger partial charge in [-0.15, -0.1) is 0 Å². The molecule has 140 valence electrons. The highest BCUT2D eigenvalue weighted by atomic mass is 16.5. The molecule has 2 aliphatic rings. The third kappa shape index (κ3) is 5.96. The Bertz CT molecular complexity index is 511. The molecule has 1 atom stereocenters. The standard InChI is InChI=1S/C20H33N3O2/c1-2-21-10-12-23(13-11-21)16-19(24)17-25-20-7-5-6-18(14-20)15-22-8-3-4-9-22/h5-7,14,19,24H,2-4,8-13,15-17H2,1H3/t19-/m0/s1. The summed E-state index contributed by atoms with van der Waals surface area (Å²) in [5, 5.41) is 10.3. The van der Waals surface area contributed by atoms with Crippen molar-refractivity contribution in [2.24, 2.45) is 0 Å². The molecule has 1 aromatic rings. The van der Waals surface area contributed by atoms with Crippen LogP contribution in [0.3, 0.4) is 0 Å². The maximum absolute atomic E-state index is 10.3. The quantitative estimate of drug-likeness (QED) is 0.774. The van der Waals surface area contributed by atoms with E-state index in [9.17, 15) is 5.11 Å². The summed E-state index contributed by atoms with van der Waals surface area (Å²) < 4.78 is 5.85. The first kappa shape index (κ1) is 18.6. The van der Waals surface area contributed by atoms with E-state index in [0.717, 1.165) is 45.0 Å². The molecule has 1 N–H and O–H groups in total. The maximum Gasteiger partial charge on any atom is 0.119 e. The summed E-state index contributed by atoms with van der Waals surface area (Å²) >= 11 is 0. The number of benzene rings is 1. The van der Waals surface area contributed by atoms with Gasteiger partial charge in [-0.05, 0) is 50.2 Å². The zero-order valence-electron chi connectivity index (χ0n) is 15.6. The molecule has 5 heteroatoms. The molecule has 2 saturated heterocycles. The molecule has 2 heterocycles. The zero-order chi connectivity index (χ0) is 17.5. The number of nitrogens with zero attached hydrogens (tertiary/aromatic N) is 3. The molecule has 0 amide bonds. The number of hydrogen-bond donors (Lipinski definition) is 1. The Morgan fingerprint density at radius 2 is 1.72 bits per heavy atom. The van der Waals surface area contributed by atoms with Crippen LogP contribution in [0.1, 0.15) is 25.3 Å². The molecule has 0 bridgehead atoms. The fourth-order valence-corrected chi connectivity index (χ4v) is 3.76. The Balaban J connectivity index is 1.40. The minimum Gasteiger partial charge on any atom is -0.491 e. The van der Waals surface area contributed by atoms with E-state index in [1.807, 2.05) is 6.07 Å². The van der Waals surface area contributed by atoms with Crippen LogP contribution in [-0.4, -0.2) is 84.9 Å². The van der Waals surface area contributed by atoms with E-state index in [4.69, 9.17) is 4.74 Å². The van der Waals surface area contributed by atoms with Crippen LogP contribution < -0.4 is 4.74 Å². The molecular formula is C20H33N3O2. The Morgan fingerprint density at radius 3 is 2.44 bits per heavy atom. The van der Waals surface area contributed by atoms with Crippen LogP contribution in [-0.2, 0) is 6.54 Å². The molecule has 3 rings (SSSR count). The molecule has 2 aliphatic heterocycles. The van der Waals surface area contributed by atoms with Crippen molar-refractivity contribution in [3.63, 3.8) is 0 Å². The second-order valence-electron chi connectivity index (χ2n) is 7.33. The highest BCUT2D eigenvalue weighted by Crippen LogP contribution is 2.18. The molecule has 0 unspecified atom stereocenters. The van der Waals surface area contributed by atoms with E-state index in [0.29, 0.717) is 13.2 Å². The van der Waals surface area contributed by atoms with Crippen molar-refractivity contribution in [1.82, 2.24) is 14.7 Å². The van der Waals surface area contributed by atoms with Crippen molar-refractivity contribution < 1.29 is 9.84 Å². The van der Waals surface area contributed by atoms with E-state index in [2.05, 4.69) is 39.8 Å². The molecule has 0 spiro atoms. The second kappa shape index (κ2) is 9.53. The number of likely N-dealkylation sites (N-methyl/N-ethyl adjacent to an activating group) is 1. The van der Waals surface area contributed by atoms with Crippen molar-refractivity contribution in [2.75, 3.05) is 59.0 Å². The average molecular weight is 348 g/mol. The van der Waals surface area contributed by atoms with Gasteiger partial charge in [0.15, 0.2) is 0 Å². The number of piperazine rings is 1. The van der Waals surface area contributed by atoms with Gasteiger partial charge < -0.3 is 14.7 Å². The molecule has 0 radical (unpaired) electrons. The maximum atomic E-state index is 10.3. The smallest absolute Gasteiger partial charge is 0.119 e. The predicted molar refractivity (Wildman–Crippen MR) is 101 cm³/mol. The van der Waals surface area contributed by atoms with Gasteiger partial charge in [0.2, 0.25) is 0 Å². The predicted octanol–water partition coefficient (Wildman–Crippen LogP) is 1.66. The lowest BCUT2D eigenvalue weighted by Crippen LogP contribution is -2.49. The lowest BCUT2D eigenvalue weighted by molar-refractivity contribution is 0.0470. The first-order chi connectivity index (χ1) is 12.2. The van der Waals surface area contributed by atoms with E-state index in [1.165, 1.54) is 31.5 Å². The summed E-state index contributed by atoms with van der Waals surface area (Å²) in [7, 11) is 0. The van der Waals surface area contributed by atoms with E-state index < -0.39 is 6.10 Å². The minimum absolute atomic E-state index is 0.362.